The lowest BCUT2D eigenvalue weighted by atomic mass is 10.1. The summed E-state index contributed by atoms with van der Waals surface area (Å²) >= 11 is 0.909. The largest absolute Gasteiger partial charge is 0.490 e. The van der Waals surface area contributed by atoms with E-state index in [2.05, 4.69) is 26.6 Å². The third-order valence-electron chi connectivity index (χ3n) is 3.92. The fraction of sp³-hybridized carbons (Fsp3) is 0.467. The highest BCUT2D eigenvalue weighted by Crippen LogP contribution is 2.36. The number of thiazole rings is 1. The monoisotopic (exact) mass is 407 g/mol. The predicted molar refractivity (Wildman–Crippen MR) is 99.3 cm³/mol. The van der Waals surface area contributed by atoms with Crippen molar-refractivity contribution in [1.82, 2.24) is 14.5 Å². The lowest BCUT2D eigenvalue weighted by molar-refractivity contribution is -0.146. The van der Waals surface area contributed by atoms with Crippen LogP contribution in [0.3, 0.4) is 0 Å². The van der Waals surface area contributed by atoms with E-state index in [1.165, 1.54) is 17.7 Å². The number of carbonyl (C=O) groups is 1. The number of hydrogen-bond donors (Lipinski definition) is 1. The predicted octanol–water partition coefficient (Wildman–Crippen LogP) is 1.49. The number of esters is 1. The van der Waals surface area contributed by atoms with Crippen molar-refractivity contribution in [3.8, 4) is 0 Å². The van der Waals surface area contributed by atoms with Crippen LogP contribution in [0.25, 0.3) is 20.8 Å². The summed E-state index contributed by atoms with van der Waals surface area (Å²) in [5.41, 5.74) is 14.9. The van der Waals surface area contributed by atoms with Gasteiger partial charge in [-0.05, 0) is 12.5 Å². The number of nitrogens with two attached hydrogens (primary N) is 1. The van der Waals surface area contributed by atoms with Crippen LogP contribution in [-0.2, 0) is 19.0 Å². The molecule has 0 bridgehead atoms. The molecule has 2 aromatic rings. The van der Waals surface area contributed by atoms with Gasteiger partial charge in [0.15, 0.2) is 18.0 Å². The molecule has 0 saturated carbocycles. The molecule has 12 nitrogen and oxygen atoms in total. The molecule has 0 aromatic carbocycles. The minimum absolute atomic E-state index is 0.0162. The van der Waals surface area contributed by atoms with E-state index in [1.807, 2.05) is 0 Å². The van der Waals surface area contributed by atoms with Crippen molar-refractivity contribution in [3.63, 3.8) is 0 Å². The number of hydrogen-bond acceptors (Lipinski definition) is 10. The van der Waals surface area contributed by atoms with Gasteiger partial charge in [0, 0.05) is 11.8 Å². The molecule has 0 spiro atoms. The number of aromatic nitrogens is 3. The number of ether oxygens (including phenoxy) is 3. The maximum absolute atomic E-state index is 12.6. The van der Waals surface area contributed by atoms with Crippen molar-refractivity contribution in [2.24, 2.45) is 5.11 Å². The van der Waals surface area contributed by atoms with Gasteiger partial charge in [-0.1, -0.05) is 23.0 Å². The van der Waals surface area contributed by atoms with Crippen molar-refractivity contribution >= 4 is 33.6 Å². The van der Waals surface area contributed by atoms with Crippen molar-refractivity contribution in [2.75, 3.05) is 12.3 Å². The Bertz CT molecular complexity index is 1030. The van der Waals surface area contributed by atoms with Crippen molar-refractivity contribution in [1.29, 1.82) is 0 Å². The highest BCUT2D eigenvalue weighted by Gasteiger charge is 2.48. The second-order valence-electron chi connectivity index (χ2n) is 6.00. The lowest BCUT2D eigenvalue weighted by Gasteiger charge is -2.23. The fourth-order valence-electron chi connectivity index (χ4n) is 2.90. The molecular weight excluding hydrogens is 390 g/mol. The maximum Gasteiger partial charge on any atom is 0.311 e. The first-order valence-corrected chi connectivity index (χ1v) is 8.92. The van der Waals surface area contributed by atoms with Crippen molar-refractivity contribution < 1.29 is 19.0 Å². The molecule has 148 valence electrons. The summed E-state index contributed by atoms with van der Waals surface area (Å²) in [6, 6.07) is -0.882. The first-order valence-electron chi connectivity index (χ1n) is 8.10. The Hall–Kier alpha value is -3.15. The van der Waals surface area contributed by atoms with E-state index >= 15 is 0 Å². The Labute approximate surface area is 162 Å². The Balaban J connectivity index is 2.09. The van der Waals surface area contributed by atoms with Crippen LogP contribution in [0.2, 0.25) is 0 Å². The lowest BCUT2D eigenvalue weighted by Crippen LogP contribution is -2.35. The molecular formula is C15H17N7O5S. The molecule has 0 amide bonds. The Morgan fingerprint density at radius 2 is 2.32 bits per heavy atom. The van der Waals surface area contributed by atoms with Gasteiger partial charge in [-0.25, -0.2) is 4.98 Å². The van der Waals surface area contributed by atoms with E-state index in [1.54, 1.807) is 6.92 Å². The molecule has 28 heavy (non-hydrogen) atoms. The molecule has 1 fully saturated rings. The third kappa shape index (κ3) is 3.76. The smallest absolute Gasteiger partial charge is 0.311 e. The van der Waals surface area contributed by atoms with E-state index in [4.69, 9.17) is 25.5 Å². The molecule has 1 saturated heterocycles. The molecule has 4 atom stereocenters. The van der Waals surface area contributed by atoms with E-state index in [-0.39, 0.29) is 23.1 Å². The Morgan fingerprint density at radius 1 is 1.57 bits per heavy atom. The molecule has 2 N–H and O–H groups in total. The zero-order valence-electron chi connectivity index (χ0n) is 15.0. The number of anilines is 1. The summed E-state index contributed by atoms with van der Waals surface area (Å²) in [4.78, 5) is 34.3. The molecule has 3 rings (SSSR count). The van der Waals surface area contributed by atoms with E-state index in [0.717, 1.165) is 11.3 Å². The van der Waals surface area contributed by atoms with Crippen LogP contribution in [0.5, 0.6) is 0 Å². The fourth-order valence-corrected chi connectivity index (χ4v) is 3.71. The number of fused-ring (bicyclic) bond motifs is 1. The highest BCUT2D eigenvalue weighted by molar-refractivity contribution is 7.16. The van der Waals surface area contributed by atoms with Gasteiger partial charge in [-0.2, -0.15) is 4.98 Å². The summed E-state index contributed by atoms with van der Waals surface area (Å²) in [7, 11) is 0. The third-order valence-corrected chi connectivity index (χ3v) is 4.80. The number of allylic oxidation sites excluding steroid dienone is 1. The molecule has 13 heteroatoms. The summed E-state index contributed by atoms with van der Waals surface area (Å²) in [5.74, 6) is -0.216. The molecule has 3 heterocycles. The summed E-state index contributed by atoms with van der Waals surface area (Å²) in [5, 5.41) is 3.73. The minimum atomic E-state index is -1.01. The number of carbonyl (C=O) groups excluding carboxylic acids is 1. The van der Waals surface area contributed by atoms with Gasteiger partial charge in [0.05, 0.1) is 16.7 Å². The molecule has 0 unspecified atom stereocenters. The van der Waals surface area contributed by atoms with E-state index in [9.17, 15) is 9.59 Å². The van der Waals surface area contributed by atoms with Gasteiger partial charge in [-0.3, -0.25) is 14.2 Å². The van der Waals surface area contributed by atoms with Gasteiger partial charge < -0.3 is 19.9 Å². The molecule has 1 aliphatic heterocycles. The zero-order valence-corrected chi connectivity index (χ0v) is 15.8. The Morgan fingerprint density at radius 3 is 2.96 bits per heavy atom. The highest BCUT2D eigenvalue weighted by atomic mass is 32.1. The van der Waals surface area contributed by atoms with Gasteiger partial charge in [0.2, 0.25) is 5.95 Å². The SMILES string of the molecule is C=C(C)O[C@@H]1[C@H](N=[N+]=[N-])[C@@H](COC(C)=O)O[C@H]1n1c(=O)sc2cnc(N)nc21. The number of nitrogen functional groups attached to an aromatic ring is 1. The van der Waals surface area contributed by atoms with Crippen LogP contribution in [0.4, 0.5) is 5.95 Å². The molecule has 0 aliphatic carbocycles. The van der Waals surface area contributed by atoms with Crippen LogP contribution in [0, 0.1) is 0 Å². The number of nitrogens with zero attached hydrogens (tertiary/aromatic N) is 6. The van der Waals surface area contributed by atoms with Crippen LogP contribution in [0.1, 0.15) is 20.1 Å². The van der Waals surface area contributed by atoms with Crippen LogP contribution < -0.4 is 10.6 Å². The second kappa shape index (κ2) is 7.84. The summed E-state index contributed by atoms with van der Waals surface area (Å²) < 4.78 is 18.4. The van der Waals surface area contributed by atoms with Crippen LogP contribution in [-0.4, -0.2) is 45.4 Å². The van der Waals surface area contributed by atoms with Crippen molar-refractivity contribution in [3.05, 3.63) is 38.6 Å². The average Bonchev–Trinajstić information content (AvgIpc) is 3.10. The quantitative estimate of drug-likeness (QED) is 0.247. The van der Waals surface area contributed by atoms with E-state index < -0.39 is 30.4 Å². The molecule has 2 aromatic heterocycles. The van der Waals surface area contributed by atoms with E-state index in [0.29, 0.717) is 10.5 Å². The topological polar surface area (TPSA) is 167 Å². The zero-order chi connectivity index (χ0) is 20.4. The van der Waals surface area contributed by atoms with Gasteiger partial charge >= 0.3 is 10.8 Å². The Kier molecular flexibility index (Phi) is 5.49. The van der Waals surface area contributed by atoms with Crippen molar-refractivity contribution in [2.45, 2.75) is 38.3 Å². The number of azide groups is 1. The van der Waals surface area contributed by atoms with Crippen LogP contribution >= 0.6 is 11.3 Å². The average molecular weight is 407 g/mol. The molecule has 0 radical (unpaired) electrons. The minimum Gasteiger partial charge on any atom is -0.490 e. The summed E-state index contributed by atoms with van der Waals surface area (Å²) in [6.07, 6.45) is -1.32. The first kappa shape index (κ1) is 19.6. The molecule has 1 aliphatic rings. The first-order chi connectivity index (χ1) is 13.3. The van der Waals surface area contributed by atoms with Gasteiger partial charge in [0.25, 0.3) is 0 Å². The summed E-state index contributed by atoms with van der Waals surface area (Å²) in [6.45, 7) is 6.37. The number of rotatable bonds is 6. The van der Waals surface area contributed by atoms with Gasteiger partial charge in [0.1, 0.15) is 18.8 Å². The van der Waals surface area contributed by atoms with Gasteiger partial charge in [-0.15, -0.1) is 0 Å². The second-order valence-corrected chi connectivity index (χ2v) is 6.99. The standard InChI is InChI=1S/C15H17N7O5S/c1-6(2)26-11-10(20-21-17)8(5-25-7(3)23)27-13(11)22-12-9(28-15(22)24)4-18-14(16)19-12/h4,8,10-11,13H,1,5H2,2-3H3,(H2,16,18,19)/t8-,10-,11-,13-/m1/s1. The normalized spacial score (nSPS) is 23.9. The van der Waals surface area contributed by atoms with Crippen LogP contribution in [0.15, 0.2) is 28.4 Å². The maximum atomic E-state index is 12.6.